The van der Waals surface area contributed by atoms with E-state index in [9.17, 15) is 0 Å². The van der Waals surface area contributed by atoms with Gasteiger partial charge in [0.25, 0.3) is 0 Å². The highest BCUT2D eigenvalue weighted by atomic mass is 32.1. The first-order valence-corrected chi connectivity index (χ1v) is 10.0. The van der Waals surface area contributed by atoms with Crippen LogP contribution in [0.25, 0.3) is 0 Å². The molecule has 3 aromatic rings. The number of H-pyrrole nitrogens is 1. The van der Waals surface area contributed by atoms with Gasteiger partial charge in [-0.15, -0.1) is 22.7 Å². The molecule has 0 aliphatic carbocycles. The lowest BCUT2D eigenvalue weighted by Crippen LogP contribution is -2.26. The zero-order valence-electron chi connectivity index (χ0n) is 15.0. The van der Waals surface area contributed by atoms with Crippen LogP contribution in [0.4, 0.5) is 0 Å². The fraction of sp³-hybridized carbons (Fsp3) is 0.474. The van der Waals surface area contributed by atoms with Crippen LogP contribution in [0.2, 0.25) is 0 Å². The molecule has 1 aliphatic rings. The largest absolute Gasteiger partial charge is 0.361 e. The van der Waals surface area contributed by atoms with E-state index in [1.807, 2.05) is 0 Å². The lowest BCUT2D eigenvalue weighted by atomic mass is 9.85. The maximum atomic E-state index is 5.02. The Balaban J connectivity index is 2.04. The number of thiazole rings is 2. The van der Waals surface area contributed by atoms with E-state index in [0.29, 0.717) is 0 Å². The molecule has 0 radical (unpaired) electrons. The Kier molecular flexibility index (Phi) is 3.20. The second-order valence-corrected chi connectivity index (χ2v) is 9.95. The average Bonchev–Trinajstić information content (AvgIpc) is 3.24. The molecule has 0 aromatic carbocycles. The minimum Gasteiger partial charge on any atom is -0.361 e. The van der Waals surface area contributed by atoms with Crippen LogP contribution in [0, 0.1) is 0 Å². The van der Waals surface area contributed by atoms with E-state index < -0.39 is 0 Å². The summed E-state index contributed by atoms with van der Waals surface area (Å²) in [6.45, 7) is 13.4. The quantitative estimate of drug-likeness (QED) is 0.599. The summed E-state index contributed by atoms with van der Waals surface area (Å²) in [5.74, 6) is 0. The maximum Gasteiger partial charge on any atom is 0.105 e. The van der Waals surface area contributed by atoms with Crippen molar-refractivity contribution in [2.45, 2.75) is 57.8 Å². The highest BCUT2D eigenvalue weighted by Gasteiger charge is 2.37. The summed E-state index contributed by atoms with van der Waals surface area (Å²) < 4.78 is 0. The molecule has 126 valence electrons. The first kappa shape index (κ1) is 16.0. The number of hydrogen-bond donors (Lipinski definition) is 1. The summed E-state index contributed by atoms with van der Waals surface area (Å²) >= 11 is 3.49. The smallest absolute Gasteiger partial charge is 0.105 e. The molecule has 3 nitrogen and oxygen atoms in total. The Morgan fingerprint density at radius 3 is 1.54 bits per heavy atom. The molecule has 24 heavy (non-hydrogen) atoms. The summed E-state index contributed by atoms with van der Waals surface area (Å²) in [5.41, 5.74) is 4.22. The third-order valence-corrected chi connectivity index (χ3v) is 7.72. The van der Waals surface area contributed by atoms with Crippen LogP contribution in [-0.2, 0) is 16.2 Å². The summed E-state index contributed by atoms with van der Waals surface area (Å²) in [5, 5.41) is 6.68. The van der Waals surface area contributed by atoms with Gasteiger partial charge in [0, 0.05) is 33.0 Å². The van der Waals surface area contributed by atoms with Gasteiger partial charge in [-0.05, 0) is 53.7 Å². The highest BCUT2D eigenvalue weighted by molar-refractivity contribution is 7.11. The number of rotatable bonds is 0. The molecule has 4 rings (SSSR count). The Hall–Kier alpha value is -1.46. The van der Waals surface area contributed by atoms with Crippen LogP contribution in [0.1, 0.15) is 74.3 Å². The standard InChI is InChI=1S/C19H23N3S2/c1-17(2)11-7-8-12(20-11)18(3,4)14-10-24-16(22-14)19(5,6)15-21-13(17)9-23-15/h7-10,20H,1-6H3. The first-order chi connectivity index (χ1) is 11.1. The van der Waals surface area contributed by atoms with Crippen molar-refractivity contribution in [1.29, 1.82) is 0 Å². The van der Waals surface area contributed by atoms with Gasteiger partial charge in [-0.2, -0.15) is 0 Å². The normalized spacial score (nSPS) is 20.2. The Labute approximate surface area is 151 Å². The molecular formula is C19H23N3S2. The number of nitrogens with one attached hydrogen (secondary N) is 1. The number of hydrogen-bond acceptors (Lipinski definition) is 4. The van der Waals surface area contributed by atoms with Crippen molar-refractivity contribution in [3.8, 4) is 0 Å². The molecule has 3 aromatic heterocycles. The molecule has 0 unspecified atom stereocenters. The van der Waals surface area contributed by atoms with E-state index in [1.54, 1.807) is 22.7 Å². The van der Waals surface area contributed by atoms with Crippen molar-refractivity contribution in [2.24, 2.45) is 0 Å². The van der Waals surface area contributed by atoms with E-state index >= 15 is 0 Å². The van der Waals surface area contributed by atoms with Gasteiger partial charge >= 0.3 is 0 Å². The van der Waals surface area contributed by atoms with E-state index in [-0.39, 0.29) is 16.2 Å². The molecule has 0 saturated carbocycles. The van der Waals surface area contributed by atoms with Gasteiger partial charge in [0.05, 0.1) is 16.8 Å². The summed E-state index contributed by atoms with van der Waals surface area (Å²) in [7, 11) is 0. The summed E-state index contributed by atoms with van der Waals surface area (Å²) in [6.07, 6.45) is 0. The van der Waals surface area contributed by atoms with Gasteiger partial charge in [0.15, 0.2) is 0 Å². The Bertz CT molecular complexity index is 728. The topological polar surface area (TPSA) is 41.6 Å². The molecule has 6 bridgehead atoms. The monoisotopic (exact) mass is 357 g/mol. The van der Waals surface area contributed by atoms with Crippen molar-refractivity contribution < 1.29 is 0 Å². The zero-order chi connectivity index (χ0) is 17.3. The summed E-state index contributed by atoms with van der Waals surface area (Å²) in [4.78, 5) is 13.7. The highest BCUT2D eigenvalue weighted by Crippen LogP contribution is 2.42. The van der Waals surface area contributed by atoms with Gasteiger partial charge in [-0.3, -0.25) is 0 Å². The lowest BCUT2D eigenvalue weighted by Gasteiger charge is -2.26. The van der Waals surface area contributed by atoms with Gasteiger partial charge in [0.2, 0.25) is 0 Å². The second kappa shape index (κ2) is 4.79. The molecule has 0 fully saturated rings. The van der Waals surface area contributed by atoms with E-state index in [4.69, 9.17) is 9.97 Å². The zero-order valence-corrected chi connectivity index (χ0v) is 16.7. The number of aromatic nitrogens is 3. The molecule has 1 N–H and O–H groups in total. The second-order valence-electron chi connectivity index (χ2n) is 8.24. The Morgan fingerprint density at radius 1 is 0.708 bits per heavy atom. The fourth-order valence-electron chi connectivity index (χ4n) is 3.19. The molecular weight excluding hydrogens is 334 g/mol. The van der Waals surface area contributed by atoms with E-state index in [1.165, 1.54) is 11.4 Å². The van der Waals surface area contributed by atoms with Crippen LogP contribution in [0.5, 0.6) is 0 Å². The number of aromatic amines is 1. The Morgan fingerprint density at radius 2 is 1.12 bits per heavy atom. The van der Waals surface area contributed by atoms with Crippen LogP contribution < -0.4 is 0 Å². The van der Waals surface area contributed by atoms with Gasteiger partial charge in [-0.1, -0.05) is 0 Å². The SMILES string of the molecule is CC1(C)c2csc(n2)C(C)(C)c2nc(cs2)C(C)(C)c2ccc1[nH]2. The van der Waals surface area contributed by atoms with E-state index in [2.05, 4.69) is 69.4 Å². The van der Waals surface area contributed by atoms with Crippen LogP contribution in [0.15, 0.2) is 22.9 Å². The van der Waals surface area contributed by atoms with Crippen molar-refractivity contribution in [2.75, 3.05) is 0 Å². The molecule has 1 aliphatic heterocycles. The molecule has 0 spiro atoms. The van der Waals surface area contributed by atoms with Crippen molar-refractivity contribution in [1.82, 2.24) is 15.0 Å². The minimum absolute atomic E-state index is 0.138. The van der Waals surface area contributed by atoms with Crippen LogP contribution in [-0.4, -0.2) is 15.0 Å². The van der Waals surface area contributed by atoms with Crippen molar-refractivity contribution >= 4 is 22.7 Å². The molecule has 0 amide bonds. The third-order valence-electron chi connectivity index (χ3n) is 5.39. The molecule has 0 atom stereocenters. The van der Waals surface area contributed by atoms with Crippen LogP contribution >= 0.6 is 22.7 Å². The van der Waals surface area contributed by atoms with Crippen molar-refractivity contribution in [3.05, 3.63) is 55.7 Å². The molecule has 0 saturated heterocycles. The summed E-state index contributed by atoms with van der Waals surface area (Å²) in [6, 6.07) is 4.40. The fourth-order valence-corrected chi connectivity index (χ4v) is 5.48. The van der Waals surface area contributed by atoms with Crippen LogP contribution in [0.3, 0.4) is 0 Å². The third kappa shape index (κ3) is 2.07. The number of nitrogens with zero attached hydrogens (tertiary/aromatic N) is 2. The van der Waals surface area contributed by atoms with Gasteiger partial charge in [-0.25, -0.2) is 9.97 Å². The first-order valence-electron chi connectivity index (χ1n) is 8.26. The maximum absolute atomic E-state index is 5.02. The number of fused-ring (bicyclic) bond motifs is 6. The van der Waals surface area contributed by atoms with Crippen molar-refractivity contribution in [3.63, 3.8) is 0 Å². The predicted molar refractivity (Wildman–Crippen MR) is 101 cm³/mol. The lowest BCUT2D eigenvalue weighted by molar-refractivity contribution is 0.549. The molecule has 4 heterocycles. The van der Waals surface area contributed by atoms with Gasteiger partial charge < -0.3 is 4.98 Å². The minimum atomic E-state index is -0.160. The average molecular weight is 358 g/mol. The predicted octanol–water partition coefficient (Wildman–Crippen LogP) is 5.22. The van der Waals surface area contributed by atoms with Gasteiger partial charge in [0.1, 0.15) is 10.0 Å². The van der Waals surface area contributed by atoms with E-state index in [0.717, 1.165) is 21.4 Å². The molecule has 5 heteroatoms.